The molecule has 1 aliphatic heterocycles. The topological polar surface area (TPSA) is 48.5 Å². The summed E-state index contributed by atoms with van der Waals surface area (Å²) in [5, 5.41) is 3.17. The molecule has 1 atom stereocenters. The predicted octanol–water partition coefficient (Wildman–Crippen LogP) is 2.48. The zero-order chi connectivity index (χ0) is 17.6. The maximum absolute atomic E-state index is 12.3. The molecule has 0 saturated carbocycles. The Labute approximate surface area is 149 Å². The molecule has 1 aromatic carbocycles. The number of aryl methyl sites for hydroxylation is 1. The molecule has 5 nitrogen and oxygen atoms in total. The molecule has 5 heteroatoms. The van der Waals surface area contributed by atoms with Gasteiger partial charge in [0.2, 0.25) is 5.91 Å². The Hall–Kier alpha value is -2.56. The molecule has 0 aliphatic carbocycles. The van der Waals surface area contributed by atoms with Gasteiger partial charge >= 0.3 is 0 Å². The van der Waals surface area contributed by atoms with Gasteiger partial charge in [-0.05, 0) is 42.7 Å². The molecule has 1 aliphatic rings. The van der Waals surface area contributed by atoms with Crippen molar-refractivity contribution >= 4 is 17.4 Å². The van der Waals surface area contributed by atoms with Crippen molar-refractivity contribution in [2.24, 2.45) is 0 Å². The van der Waals surface area contributed by atoms with Crippen LogP contribution in [0.2, 0.25) is 0 Å². The number of amides is 1. The molecular formula is C20H26N4O. The highest BCUT2D eigenvalue weighted by Gasteiger charge is 2.24. The highest BCUT2D eigenvalue weighted by Crippen LogP contribution is 2.18. The summed E-state index contributed by atoms with van der Waals surface area (Å²) in [6, 6.07) is 14.5. The van der Waals surface area contributed by atoms with Crippen molar-refractivity contribution < 1.29 is 4.79 Å². The monoisotopic (exact) mass is 338 g/mol. The Balaban J connectivity index is 1.46. The fraction of sp³-hybridized carbons (Fsp3) is 0.400. The third-order valence-electron chi connectivity index (χ3n) is 4.59. The summed E-state index contributed by atoms with van der Waals surface area (Å²) in [5.74, 6) is 1.11. The van der Waals surface area contributed by atoms with E-state index in [1.54, 1.807) is 0 Å². The van der Waals surface area contributed by atoms with E-state index in [4.69, 9.17) is 0 Å². The quantitative estimate of drug-likeness (QED) is 0.879. The average Bonchev–Trinajstić information content (AvgIpc) is 3.09. The van der Waals surface area contributed by atoms with Crippen molar-refractivity contribution in [3.63, 3.8) is 0 Å². The van der Waals surface area contributed by atoms with Crippen molar-refractivity contribution in [1.82, 2.24) is 10.3 Å². The van der Waals surface area contributed by atoms with Gasteiger partial charge in [0.25, 0.3) is 0 Å². The van der Waals surface area contributed by atoms with E-state index in [2.05, 4.69) is 38.3 Å². The largest absolute Gasteiger partial charge is 0.378 e. The highest BCUT2D eigenvalue weighted by molar-refractivity contribution is 5.76. The molecule has 2 aromatic rings. The van der Waals surface area contributed by atoms with E-state index >= 15 is 0 Å². The van der Waals surface area contributed by atoms with E-state index < -0.39 is 0 Å². The van der Waals surface area contributed by atoms with Crippen LogP contribution in [0.4, 0.5) is 11.5 Å². The maximum Gasteiger partial charge on any atom is 0.220 e. The van der Waals surface area contributed by atoms with Crippen LogP contribution in [0.1, 0.15) is 18.4 Å². The summed E-state index contributed by atoms with van der Waals surface area (Å²) in [5.41, 5.74) is 2.36. The number of anilines is 2. The van der Waals surface area contributed by atoms with Gasteiger partial charge in [0.15, 0.2) is 0 Å². The molecular weight excluding hydrogens is 312 g/mol. The minimum atomic E-state index is 0.128. The Morgan fingerprint density at radius 1 is 1.28 bits per heavy atom. The minimum Gasteiger partial charge on any atom is -0.378 e. The van der Waals surface area contributed by atoms with E-state index in [0.29, 0.717) is 6.42 Å². The Kier molecular flexibility index (Phi) is 5.53. The van der Waals surface area contributed by atoms with Crippen LogP contribution in [-0.4, -0.2) is 44.1 Å². The second-order valence-electron chi connectivity index (χ2n) is 6.75. The zero-order valence-corrected chi connectivity index (χ0v) is 15.0. The third-order valence-corrected chi connectivity index (χ3v) is 4.59. The van der Waals surface area contributed by atoms with Gasteiger partial charge in [-0.15, -0.1) is 0 Å². The van der Waals surface area contributed by atoms with Crippen LogP contribution in [0.15, 0.2) is 48.7 Å². The molecule has 132 valence electrons. The van der Waals surface area contributed by atoms with Crippen LogP contribution >= 0.6 is 0 Å². The summed E-state index contributed by atoms with van der Waals surface area (Å²) in [7, 11) is 4.05. The van der Waals surface area contributed by atoms with Gasteiger partial charge in [0, 0.05) is 51.5 Å². The minimum absolute atomic E-state index is 0.128. The number of carbonyl (C=O) groups is 1. The van der Waals surface area contributed by atoms with Gasteiger partial charge in [-0.2, -0.15) is 0 Å². The third kappa shape index (κ3) is 4.72. The normalized spacial score (nSPS) is 16.7. The summed E-state index contributed by atoms with van der Waals surface area (Å²) >= 11 is 0. The molecule has 0 unspecified atom stereocenters. The van der Waals surface area contributed by atoms with E-state index in [1.807, 2.05) is 44.6 Å². The number of nitrogens with zero attached hydrogens (tertiary/aromatic N) is 3. The highest BCUT2D eigenvalue weighted by atomic mass is 16.1. The lowest BCUT2D eigenvalue weighted by atomic mass is 10.1. The van der Waals surface area contributed by atoms with Gasteiger partial charge in [0.05, 0.1) is 0 Å². The lowest BCUT2D eigenvalue weighted by molar-refractivity contribution is -0.121. The van der Waals surface area contributed by atoms with Crippen molar-refractivity contribution in [3.8, 4) is 0 Å². The van der Waals surface area contributed by atoms with Gasteiger partial charge in [0.1, 0.15) is 5.82 Å². The van der Waals surface area contributed by atoms with Gasteiger partial charge in [-0.1, -0.05) is 18.2 Å². The SMILES string of the molecule is CN(C)c1cccc(CCC(=O)N[C@@H]2CCN(c3ccccn3)C2)c1. The first-order valence-electron chi connectivity index (χ1n) is 8.83. The van der Waals surface area contributed by atoms with E-state index in [0.717, 1.165) is 31.7 Å². The Morgan fingerprint density at radius 2 is 2.16 bits per heavy atom. The molecule has 1 fully saturated rings. The summed E-state index contributed by atoms with van der Waals surface area (Å²) in [6.45, 7) is 1.77. The number of rotatable bonds is 6. The number of benzene rings is 1. The number of nitrogens with one attached hydrogen (secondary N) is 1. The first-order valence-corrected chi connectivity index (χ1v) is 8.83. The number of pyridine rings is 1. The fourth-order valence-corrected chi connectivity index (χ4v) is 3.17. The van der Waals surface area contributed by atoms with Crippen molar-refractivity contribution in [1.29, 1.82) is 0 Å². The van der Waals surface area contributed by atoms with Crippen LogP contribution in [0, 0.1) is 0 Å². The summed E-state index contributed by atoms with van der Waals surface area (Å²) < 4.78 is 0. The van der Waals surface area contributed by atoms with Gasteiger partial charge in [-0.3, -0.25) is 4.79 Å². The zero-order valence-electron chi connectivity index (χ0n) is 15.0. The first-order chi connectivity index (χ1) is 12.1. The molecule has 0 bridgehead atoms. The smallest absolute Gasteiger partial charge is 0.220 e. The van der Waals surface area contributed by atoms with E-state index in [-0.39, 0.29) is 11.9 Å². The molecule has 1 amide bonds. The predicted molar refractivity (Wildman–Crippen MR) is 102 cm³/mol. The maximum atomic E-state index is 12.3. The molecule has 1 saturated heterocycles. The molecule has 3 rings (SSSR count). The first kappa shape index (κ1) is 17.3. The second kappa shape index (κ2) is 8.01. The second-order valence-corrected chi connectivity index (χ2v) is 6.75. The van der Waals surface area contributed by atoms with Crippen molar-refractivity contribution in [2.75, 3.05) is 37.0 Å². The number of aromatic nitrogens is 1. The van der Waals surface area contributed by atoms with Gasteiger partial charge in [-0.25, -0.2) is 4.98 Å². The molecule has 0 spiro atoms. The summed E-state index contributed by atoms with van der Waals surface area (Å²) in [6.07, 6.45) is 4.07. The number of hydrogen-bond donors (Lipinski definition) is 1. The van der Waals surface area contributed by atoms with Crippen LogP contribution in [-0.2, 0) is 11.2 Å². The fourth-order valence-electron chi connectivity index (χ4n) is 3.17. The lowest BCUT2D eigenvalue weighted by Gasteiger charge is -2.18. The molecule has 2 heterocycles. The standard InChI is InChI=1S/C20H26N4O/c1-23(2)18-7-5-6-16(14-18)9-10-20(25)22-17-11-13-24(15-17)19-8-3-4-12-21-19/h3-8,12,14,17H,9-11,13,15H2,1-2H3,(H,22,25)/t17-/m1/s1. The average molecular weight is 338 g/mol. The van der Waals surface area contributed by atoms with Crippen LogP contribution < -0.4 is 15.1 Å². The van der Waals surface area contributed by atoms with Crippen LogP contribution in [0.5, 0.6) is 0 Å². The molecule has 0 radical (unpaired) electrons. The number of carbonyl (C=O) groups excluding carboxylic acids is 1. The lowest BCUT2D eigenvalue weighted by Crippen LogP contribution is -2.37. The van der Waals surface area contributed by atoms with Crippen molar-refractivity contribution in [2.45, 2.75) is 25.3 Å². The van der Waals surface area contributed by atoms with E-state index in [9.17, 15) is 4.79 Å². The number of hydrogen-bond acceptors (Lipinski definition) is 4. The Bertz CT molecular complexity index is 702. The van der Waals surface area contributed by atoms with Gasteiger partial charge < -0.3 is 15.1 Å². The van der Waals surface area contributed by atoms with Crippen molar-refractivity contribution in [3.05, 3.63) is 54.2 Å². The summed E-state index contributed by atoms with van der Waals surface area (Å²) in [4.78, 5) is 21.0. The van der Waals surface area contributed by atoms with E-state index in [1.165, 1.54) is 11.3 Å². The van der Waals surface area contributed by atoms with Crippen LogP contribution in [0.25, 0.3) is 0 Å². The van der Waals surface area contributed by atoms with Crippen LogP contribution in [0.3, 0.4) is 0 Å². The molecule has 1 N–H and O–H groups in total. The Morgan fingerprint density at radius 3 is 2.92 bits per heavy atom. The molecule has 1 aromatic heterocycles. The molecule has 25 heavy (non-hydrogen) atoms.